The zero-order valence-electron chi connectivity index (χ0n) is 12.0. The standard InChI is InChI=1S/C15H19N3OS/c1-10-11(2)17-15(18-12(10)3)20-9-8-19-14-6-4-13(16)5-7-14/h4-7H,8-9,16H2,1-3H3. The zero-order chi connectivity index (χ0) is 14.5. The molecule has 20 heavy (non-hydrogen) atoms. The molecular weight excluding hydrogens is 270 g/mol. The van der Waals surface area contributed by atoms with Crippen molar-refractivity contribution in [2.24, 2.45) is 0 Å². The highest BCUT2D eigenvalue weighted by molar-refractivity contribution is 7.99. The molecule has 1 heterocycles. The first-order valence-corrected chi connectivity index (χ1v) is 7.48. The highest BCUT2D eigenvalue weighted by Crippen LogP contribution is 2.18. The zero-order valence-corrected chi connectivity index (χ0v) is 12.8. The van der Waals surface area contributed by atoms with Crippen molar-refractivity contribution in [1.29, 1.82) is 0 Å². The van der Waals surface area contributed by atoms with Gasteiger partial charge >= 0.3 is 0 Å². The van der Waals surface area contributed by atoms with Gasteiger partial charge in [-0.2, -0.15) is 0 Å². The van der Waals surface area contributed by atoms with E-state index in [1.54, 1.807) is 11.8 Å². The summed E-state index contributed by atoms with van der Waals surface area (Å²) in [6.07, 6.45) is 0. The van der Waals surface area contributed by atoms with Crippen LogP contribution in [0.2, 0.25) is 0 Å². The molecule has 2 N–H and O–H groups in total. The molecule has 0 fully saturated rings. The molecule has 0 saturated carbocycles. The number of rotatable bonds is 5. The molecule has 0 spiro atoms. The lowest BCUT2D eigenvalue weighted by Crippen LogP contribution is -2.03. The average Bonchev–Trinajstić information content (AvgIpc) is 2.43. The summed E-state index contributed by atoms with van der Waals surface area (Å²) in [5.74, 6) is 1.64. The smallest absolute Gasteiger partial charge is 0.188 e. The molecule has 5 heteroatoms. The minimum atomic E-state index is 0.615. The number of benzene rings is 1. The fourth-order valence-electron chi connectivity index (χ4n) is 1.66. The van der Waals surface area contributed by atoms with E-state index in [0.717, 1.165) is 39.3 Å². The van der Waals surface area contributed by atoms with Crippen molar-refractivity contribution in [3.8, 4) is 5.75 Å². The third kappa shape index (κ3) is 3.87. The van der Waals surface area contributed by atoms with Gasteiger partial charge in [-0.25, -0.2) is 9.97 Å². The Morgan fingerprint density at radius 3 is 2.25 bits per heavy atom. The number of nitrogen functional groups attached to an aromatic ring is 1. The number of hydrogen-bond donors (Lipinski definition) is 1. The summed E-state index contributed by atoms with van der Waals surface area (Å²) in [6.45, 7) is 6.69. The monoisotopic (exact) mass is 289 g/mol. The van der Waals surface area contributed by atoms with Crippen molar-refractivity contribution in [3.63, 3.8) is 0 Å². The quantitative estimate of drug-likeness (QED) is 0.396. The summed E-state index contributed by atoms with van der Waals surface area (Å²) in [6, 6.07) is 7.41. The van der Waals surface area contributed by atoms with Gasteiger partial charge in [0, 0.05) is 22.8 Å². The van der Waals surface area contributed by atoms with Crippen molar-refractivity contribution >= 4 is 17.4 Å². The highest BCUT2D eigenvalue weighted by Gasteiger charge is 2.05. The van der Waals surface area contributed by atoms with Gasteiger partial charge in [0.25, 0.3) is 0 Å². The minimum Gasteiger partial charge on any atom is -0.493 e. The van der Waals surface area contributed by atoms with E-state index in [-0.39, 0.29) is 0 Å². The second-order valence-corrected chi connectivity index (χ2v) is 5.63. The Labute approximate surface area is 123 Å². The molecule has 0 aliphatic rings. The van der Waals surface area contributed by atoms with Crippen molar-refractivity contribution < 1.29 is 4.74 Å². The van der Waals surface area contributed by atoms with E-state index < -0.39 is 0 Å². The van der Waals surface area contributed by atoms with E-state index in [1.165, 1.54) is 0 Å². The largest absolute Gasteiger partial charge is 0.493 e. The van der Waals surface area contributed by atoms with Gasteiger partial charge in [-0.15, -0.1) is 0 Å². The first-order valence-electron chi connectivity index (χ1n) is 6.49. The molecule has 2 aromatic rings. The first-order chi connectivity index (χ1) is 9.56. The van der Waals surface area contributed by atoms with Crippen LogP contribution < -0.4 is 10.5 Å². The number of aryl methyl sites for hydroxylation is 2. The molecule has 1 aromatic heterocycles. The molecule has 1 aromatic carbocycles. The molecule has 2 rings (SSSR count). The molecule has 0 saturated heterocycles. The van der Waals surface area contributed by atoms with Crippen LogP contribution in [0.25, 0.3) is 0 Å². The maximum atomic E-state index is 5.63. The number of hydrogen-bond acceptors (Lipinski definition) is 5. The Bertz CT molecular complexity index is 561. The topological polar surface area (TPSA) is 61.0 Å². The van der Waals surface area contributed by atoms with Crippen LogP contribution in [0.15, 0.2) is 29.4 Å². The molecule has 0 unspecified atom stereocenters. The molecule has 0 bridgehead atoms. The molecule has 0 amide bonds. The van der Waals surface area contributed by atoms with Crippen LogP contribution in [0.3, 0.4) is 0 Å². The molecular formula is C15H19N3OS. The van der Waals surface area contributed by atoms with E-state index >= 15 is 0 Å². The first kappa shape index (κ1) is 14.7. The molecule has 4 nitrogen and oxygen atoms in total. The number of anilines is 1. The van der Waals surface area contributed by atoms with Gasteiger partial charge in [0.1, 0.15) is 5.75 Å². The summed E-state index contributed by atoms with van der Waals surface area (Å²) in [5.41, 5.74) is 9.61. The van der Waals surface area contributed by atoms with Crippen LogP contribution in [-0.2, 0) is 0 Å². The molecule has 0 aliphatic carbocycles. The lowest BCUT2D eigenvalue weighted by Gasteiger charge is -2.08. The Morgan fingerprint density at radius 1 is 1.05 bits per heavy atom. The number of ether oxygens (including phenoxy) is 1. The predicted octanol–water partition coefficient (Wildman–Crippen LogP) is 3.16. The third-order valence-corrected chi connectivity index (χ3v) is 3.89. The fourth-order valence-corrected chi connectivity index (χ4v) is 2.41. The summed E-state index contributed by atoms with van der Waals surface area (Å²) in [7, 11) is 0. The molecule has 106 valence electrons. The van der Waals surface area contributed by atoms with Crippen LogP contribution in [0.5, 0.6) is 5.75 Å². The summed E-state index contributed by atoms with van der Waals surface area (Å²) in [4.78, 5) is 8.94. The SMILES string of the molecule is Cc1nc(SCCOc2ccc(N)cc2)nc(C)c1C. The van der Waals surface area contributed by atoms with Gasteiger partial charge in [-0.3, -0.25) is 0 Å². The van der Waals surface area contributed by atoms with Crippen LogP contribution >= 0.6 is 11.8 Å². The normalized spacial score (nSPS) is 10.6. The van der Waals surface area contributed by atoms with Crippen LogP contribution in [0, 0.1) is 20.8 Å². The van der Waals surface area contributed by atoms with Crippen molar-refractivity contribution in [3.05, 3.63) is 41.2 Å². The second-order valence-electron chi connectivity index (χ2n) is 4.57. The van der Waals surface area contributed by atoms with Crippen LogP contribution in [0.4, 0.5) is 5.69 Å². The summed E-state index contributed by atoms with van der Waals surface area (Å²) >= 11 is 1.61. The van der Waals surface area contributed by atoms with E-state index in [9.17, 15) is 0 Å². The fraction of sp³-hybridized carbons (Fsp3) is 0.333. The minimum absolute atomic E-state index is 0.615. The Hall–Kier alpha value is -1.75. The summed E-state index contributed by atoms with van der Waals surface area (Å²) < 4.78 is 5.63. The predicted molar refractivity (Wildman–Crippen MR) is 83.3 cm³/mol. The maximum absolute atomic E-state index is 5.63. The van der Waals surface area contributed by atoms with Gasteiger partial charge in [0.05, 0.1) is 6.61 Å². The molecule has 0 aliphatic heterocycles. The lowest BCUT2D eigenvalue weighted by atomic mass is 10.2. The van der Waals surface area contributed by atoms with Gasteiger partial charge in [-0.1, -0.05) is 11.8 Å². The van der Waals surface area contributed by atoms with Crippen LogP contribution in [-0.4, -0.2) is 22.3 Å². The van der Waals surface area contributed by atoms with Gasteiger partial charge < -0.3 is 10.5 Å². The maximum Gasteiger partial charge on any atom is 0.188 e. The number of nitrogens with two attached hydrogens (primary N) is 1. The van der Waals surface area contributed by atoms with Crippen molar-refractivity contribution in [2.75, 3.05) is 18.1 Å². The van der Waals surface area contributed by atoms with E-state index in [4.69, 9.17) is 10.5 Å². The van der Waals surface area contributed by atoms with Crippen molar-refractivity contribution in [1.82, 2.24) is 9.97 Å². The van der Waals surface area contributed by atoms with Crippen molar-refractivity contribution in [2.45, 2.75) is 25.9 Å². The number of nitrogens with zero attached hydrogens (tertiary/aromatic N) is 2. The Kier molecular flexibility index (Phi) is 4.84. The number of thioether (sulfide) groups is 1. The van der Waals surface area contributed by atoms with E-state index in [0.29, 0.717) is 6.61 Å². The van der Waals surface area contributed by atoms with E-state index in [2.05, 4.69) is 9.97 Å². The number of aromatic nitrogens is 2. The lowest BCUT2D eigenvalue weighted by molar-refractivity contribution is 0.344. The van der Waals surface area contributed by atoms with E-state index in [1.807, 2.05) is 45.0 Å². The molecule has 0 atom stereocenters. The summed E-state index contributed by atoms with van der Waals surface area (Å²) in [5, 5.41) is 0.812. The Balaban J connectivity index is 1.83. The molecule has 0 radical (unpaired) electrons. The Morgan fingerprint density at radius 2 is 1.65 bits per heavy atom. The average molecular weight is 289 g/mol. The third-order valence-electron chi connectivity index (χ3n) is 3.08. The second kappa shape index (κ2) is 6.61. The highest BCUT2D eigenvalue weighted by atomic mass is 32.2. The van der Waals surface area contributed by atoms with Gasteiger partial charge in [-0.05, 0) is 50.6 Å². The van der Waals surface area contributed by atoms with Gasteiger partial charge in [0.2, 0.25) is 0 Å². The van der Waals surface area contributed by atoms with Crippen LogP contribution in [0.1, 0.15) is 17.0 Å². The van der Waals surface area contributed by atoms with Gasteiger partial charge in [0.15, 0.2) is 5.16 Å².